The van der Waals surface area contributed by atoms with E-state index in [1.54, 1.807) is 0 Å². The van der Waals surface area contributed by atoms with Crippen molar-refractivity contribution in [2.75, 3.05) is 6.61 Å². The fourth-order valence-electron chi connectivity index (χ4n) is 1.23. The maximum absolute atomic E-state index is 11.0. The molecule has 0 radical (unpaired) electrons. The Labute approximate surface area is 90.6 Å². The second-order valence-corrected chi connectivity index (χ2v) is 3.17. The van der Waals surface area contributed by atoms with Crippen molar-refractivity contribution < 1.29 is 9.53 Å². The number of rotatable bonds is 5. The molecule has 0 aliphatic rings. The van der Waals surface area contributed by atoms with Crippen molar-refractivity contribution in [3.63, 3.8) is 0 Å². The lowest BCUT2D eigenvalue weighted by molar-refractivity contribution is -0.142. The Hall–Kier alpha value is -1.57. The van der Waals surface area contributed by atoms with Crippen LogP contribution in [-0.4, -0.2) is 12.6 Å². The maximum atomic E-state index is 11.0. The summed E-state index contributed by atoms with van der Waals surface area (Å²) >= 11 is 0. The van der Waals surface area contributed by atoms with Crippen LogP contribution in [-0.2, 0) is 16.0 Å². The third-order valence-electron chi connectivity index (χ3n) is 1.95. The normalized spacial score (nSPS) is 10.5. The highest BCUT2D eigenvalue weighted by Gasteiger charge is 1.95. The number of esters is 1. The van der Waals surface area contributed by atoms with Gasteiger partial charge < -0.3 is 4.74 Å². The molecule has 0 aromatic heterocycles. The molecule has 1 aromatic carbocycles. The van der Waals surface area contributed by atoms with Crippen molar-refractivity contribution in [2.24, 2.45) is 0 Å². The summed E-state index contributed by atoms with van der Waals surface area (Å²) in [5.74, 6) is -0.165. The summed E-state index contributed by atoms with van der Waals surface area (Å²) in [5, 5.41) is 0. The minimum Gasteiger partial charge on any atom is -0.466 e. The second-order valence-electron chi connectivity index (χ2n) is 3.17. The second kappa shape index (κ2) is 6.82. The number of carbonyl (C=O) groups excluding carboxylic acids is 1. The molecule has 0 spiro atoms. The Kier molecular flexibility index (Phi) is 5.23. The van der Waals surface area contributed by atoms with Crippen LogP contribution in [0.25, 0.3) is 0 Å². The fraction of sp³-hybridized carbons (Fsp3) is 0.308. The number of hydrogen-bond acceptors (Lipinski definition) is 2. The van der Waals surface area contributed by atoms with Crippen molar-refractivity contribution in [1.29, 1.82) is 0 Å². The first kappa shape index (κ1) is 11.5. The molecule has 1 aromatic rings. The van der Waals surface area contributed by atoms with Gasteiger partial charge in [-0.15, -0.1) is 0 Å². The van der Waals surface area contributed by atoms with E-state index in [1.807, 2.05) is 37.3 Å². The van der Waals surface area contributed by atoms with Crippen molar-refractivity contribution in [3.8, 4) is 0 Å². The summed E-state index contributed by atoms with van der Waals surface area (Å²) < 4.78 is 4.80. The van der Waals surface area contributed by atoms with Crippen LogP contribution in [0.1, 0.15) is 18.9 Å². The third kappa shape index (κ3) is 5.01. The van der Waals surface area contributed by atoms with E-state index < -0.39 is 0 Å². The lowest BCUT2D eigenvalue weighted by atomic mass is 10.1. The van der Waals surface area contributed by atoms with E-state index in [1.165, 1.54) is 5.56 Å². The molecule has 0 atom stereocenters. The molecule has 80 valence electrons. The van der Waals surface area contributed by atoms with E-state index in [-0.39, 0.29) is 5.97 Å². The van der Waals surface area contributed by atoms with Gasteiger partial charge >= 0.3 is 5.97 Å². The van der Waals surface area contributed by atoms with Gasteiger partial charge in [-0.05, 0) is 18.9 Å². The van der Waals surface area contributed by atoms with Gasteiger partial charge in [0, 0.05) is 0 Å². The Morgan fingerprint density at radius 2 is 2.00 bits per heavy atom. The van der Waals surface area contributed by atoms with Crippen LogP contribution in [0.3, 0.4) is 0 Å². The lowest BCUT2D eigenvalue weighted by Crippen LogP contribution is -2.01. The zero-order chi connectivity index (χ0) is 10.9. The van der Waals surface area contributed by atoms with E-state index >= 15 is 0 Å². The molecular weight excluding hydrogens is 188 g/mol. The van der Waals surface area contributed by atoms with Crippen LogP contribution < -0.4 is 0 Å². The number of carbonyl (C=O) groups is 1. The molecule has 0 saturated carbocycles. The Morgan fingerprint density at radius 3 is 2.67 bits per heavy atom. The number of allylic oxidation sites excluding steroid dienone is 1. The average molecular weight is 204 g/mol. The quantitative estimate of drug-likeness (QED) is 0.544. The molecule has 0 fully saturated rings. The molecule has 0 amide bonds. The van der Waals surface area contributed by atoms with Gasteiger partial charge in [0.1, 0.15) is 0 Å². The summed E-state index contributed by atoms with van der Waals surface area (Å²) in [6, 6.07) is 10.1. The van der Waals surface area contributed by atoms with Gasteiger partial charge in [0.15, 0.2) is 0 Å². The lowest BCUT2D eigenvalue weighted by Gasteiger charge is -1.97. The fourth-order valence-corrected chi connectivity index (χ4v) is 1.23. The minimum absolute atomic E-state index is 0.165. The van der Waals surface area contributed by atoms with E-state index in [2.05, 4.69) is 12.1 Å². The summed E-state index contributed by atoms with van der Waals surface area (Å²) in [6.45, 7) is 2.26. The predicted octanol–water partition coefficient (Wildman–Crippen LogP) is 2.74. The third-order valence-corrected chi connectivity index (χ3v) is 1.95. The van der Waals surface area contributed by atoms with Gasteiger partial charge in [-0.3, -0.25) is 4.79 Å². The zero-order valence-corrected chi connectivity index (χ0v) is 8.98. The van der Waals surface area contributed by atoms with Gasteiger partial charge in [0.05, 0.1) is 13.0 Å². The summed E-state index contributed by atoms with van der Waals surface area (Å²) in [5.41, 5.74) is 1.25. The van der Waals surface area contributed by atoms with Crippen LogP contribution in [0.2, 0.25) is 0 Å². The van der Waals surface area contributed by atoms with Crippen LogP contribution in [0.5, 0.6) is 0 Å². The van der Waals surface area contributed by atoms with Crippen LogP contribution >= 0.6 is 0 Å². The van der Waals surface area contributed by atoms with Crippen LogP contribution in [0.15, 0.2) is 42.5 Å². The monoisotopic (exact) mass is 204 g/mol. The first-order chi connectivity index (χ1) is 7.33. The first-order valence-electron chi connectivity index (χ1n) is 5.17. The standard InChI is InChI=1S/C13H16O2/c1-2-15-13(14)11-7-6-10-12-8-4-3-5-9-12/h3-9H,2,10-11H2,1H3/b7-6+. The molecule has 15 heavy (non-hydrogen) atoms. The summed E-state index contributed by atoms with van der Waals surface area (Å²) in [7, 11) is 0. The smallest absolute Gasteiger partial charge is 0.309 e. The topological polar surface area (TPSA) is 26.3 Å². The van der Waals surface area contributed by atoms with E-state index in [0.717, 1.165) is 6.42 Å². The largest absolute Gasteiger partial charge is 0.466 e. The van der Waals surface area contributed by atoms with Gasteiger partial charge in [0.25, 0.3) is 0 Å². The molecule has 1 rings (SSSR count). The maximum Gasteiger partial charge on any atom is 0.309 e. The van der Waals surface area contributed by atoms with Crippen LogP contribution in [0.4, 0.5) is 0 Å². The SMILES string of the molecule is CCOC(=O)C/C=C/Cc1ccccc1. The van der Waals surface area contributed by atoms with Crippen molar-refractivity contribution in [2.45, 2.75) is 19.8 Å². The van der Waals surface area contributed by atoms with Crippen molar-refractivity contribution in [1.82, 2.24) is 0 Å². The predicted molar refractivity (Wildman–Crippen MR) is 60.5 cm³/mol. The van der Waals surface area contributed by atoms with Crippen LogP contribution in [0, 0.1) is 0 Å². The molecule has 2 nitrogen and oxygen atoms in total. The molecule has 0 heterocycles. The van der Waals surface area contributed by atoms with E-state index in [0.29, 0.717) is 13.0 Å². The highest BCUT2D eigenvalue weighted by molar-refractivity contribution is 5.71. The highest BCUT2D eigenvalue weighted by Crippen LogP contribution is 2.00. The van der Waals surface area contributed by atoms with Crippen molar-refractivity contribution >= 4 is 5.97 Å². The molecule has 0 saturated heterocycles. The zero-order valence-electron chi connectivity index (χ0n) is 8.98. The van der Waals surface area contributed by atoms with E-state index in [9.17, 15) is 4.79 Å². The first-order valence-corrected chi connectivity index (χ1v) is 5.17. The Balaban J connectivity index is 2.26. The molecule has 0 bridgehead atoms. The summed E-state index contributed by atoms with van der Waals surface area (Å²) in [4.78, 5) is 11.0. The molecule has 0 aliphatic carbocycles. The molecule has 2 heteroatoms. The number of ether oxygens (including phenoxy) is 1. The number of benzene rings is 1. The molecule has 0 unspecified atom stereocenters. The average Bonchev–Trinajstić information content (AvgIpc) is 2.26. The van der Waals surface area contributed by atoms with Gasteiger partial charge in [-0.1, -0.05) is 42.5 Å². The molecular formula is C13H16O2. The highest BCUT2D eigenvalue weighted by atomic mass is 16.5. The van der Waals surface area contributed by atoms with Gasteiger partial charge in [0.2, 0.25) is 0 Å². The molecule has 0 aliphatic heterocycles. The van der Waals surface area contributed by atoms with Crippen molar-refractivity contribution in [3.05, 3.63) is 48.0 Å². The Morgan fingerprint density at radius 1 is 1.27 bits per heavy atom. The minimum atomic E-state index is -0.165. The summed E-state index contributed by atoms with van der Waals surface area (Å²) in [6.07, 6.45) is 5.07. The van der Waals surface area contributed by atoms with E-state index in [4.69, 9.17) is 4.74 Å². The van der Waals surface area contributed by atoms with Gasteiger partial charge in [-0.2, -0.15) is 0 Å². The molecule has 0 N–H and O–H groups in total. The van der Waals surface area contributed by atoms with Gasteiger partial charge in [-0.25, -0.2) is 0 Å². The Bertz CT molecular complexity index is 315. The number of hydrogen-bond donors (Lipinski definition) is 0.